The van der Waals surface area contributed by atoms with E-state index in [0.29, 0.717) is 0 Å². The molecule has 8 aliphatic rings. The number of aliphatic hydroxyl groups is 28. The van der Waals surface area contributed by atoms with Gasteiger partial charge in [0.15, 0.2) is 25.2 Å². The number of carboxylic acid groups (broad SMARTS) is 4. The summed E-state index contributed by atoms with van der Waals surface area (Å²) in [5, 5.41) is 364. The Bertz CT molecular complexity index is 3780. The molecule has 131 heavy (non-hydrogen) atoms. The third-order valence-corrected chi connectivity index (χ3v) is 22.9. The number of carbonyl (C=O) groups excluding carboxylic acids is 5. The molecule has 37 N–H and O–H groups in total. The van der Waals surface area contributed by atoms with Crippen LogP contribution in [0.25, 0.3) is 0 Å². The summed E-state index contributed by atoms with van der Waals surface area (Å²) >= 11 is 0. The molecule has 8 rings (SSSR count). The van der Waals surface area contributed by atoms with Crippen molar-refractivity contribution >= 4 is 53.4 Å². The van der Waals surface area contributed by atoms with E-state index in [1.54, 1.807) is 0 Å². The molecule has 8 aliphatic heterocycles. The van der Waals surface area contributed by atoms with Crippen LogP contribution in [-0.2, 0) is 114 Å². The highest BCUT2D eigenvalue weighted by Gasteiger charge is 2.67. The molecule has 0 unspecified atom stereocenters. The molecule has 0 aromatic carbocycles. The topological polar surface area (TPSA) is 1000 Å². The minimum atomic E-state index is -3.93. The van der Waals surface area contributed by atoms with Crippen molar-refractivity contribution in [2.75, 3.05) is 72.7 Å². The second kappa shape index (κ2) is 46.6. The molecule has 754 valence electrons. The summed E-state index contributed by atoms with van der Waals surface area (Å²) in [6.45, 7) is -14.4. The van der Waals surface area contributed by atoms with Gasteiger partial charge in [-0.25, -0.2) is 19.2 Å². The molecule has 8 saturated heterocycles. The van der Waals surface area contributed by atoms with Crippen LogP contribution in [-0.4, -0.2) is 557 Å². The average molecular weight is 1920 g/mol. The minimum Gasteiger partial charge on any atom is -0.477 e. The van der Waals surface area contributed by atoms with Gasteiger partial charge in [-0.3, -0.25) is 24.0 Å². The van der Waals surface area contributed by atoms with E-state index in [1.807, 2.05) is 16.0 Å². The first-order chi connectivity index (χ1) is 61.5. The Morgan fingerprint density at radius 1 is 0.328 bits per heavy atom. The lowest BCUT2D eigenvalue weighted by Gasteiger charge is -2.53. The Hall–Kier alpha value is -6.49. The van der Waals surface area contributed by atoms with Gasteiger partial charge in [0.1, 0.15) is 191 Å². The smallest absolute Gasteiger partial charge is 0.364 e. The number of hydrogen-bond donors (Lipinski definition) is 37. The van der Waals surface area contributed by atoms with Gasteiger partial charge in [-0.2, -0.15) is 0 Å². The molecular formula is C70H113N5O56. The fraction of sp³-hybridized carbons (Fsp3) is 0.871. The predicted octanol–water partition coefficient (Wildman–Crippen LogP) is -24.0. The van der Waals surface area contributed by atoms with Crippen molar-refractivity contribution in [1.29, 1.82) is 0 Å². The molecule has 0 radical (unpaired) electrons. The second-order valence-corrected chi connectivity index (χ2v) is 31.8. The van der Waals surface area contributed by atoms with Crippen molar-refractivity contribution in [3.8, 4) is 0 Å². The molecule has 8 fully saturated rings. The number of rotatable bonds is 42. The van der Waals surface area contributed by atoms with Gasteiger partial charge in [-0.15, -0.1) is 0 Å². The maximum absolute atomic E-state index is 14.5. The monoisotopic (exact) mass is 1920 g/mol. The number of carbonyl (C=O) groups is 9. The number of aliphatic hydroxyl groups excluding tert-OH is 28. The molecule has 8 heterocycles. The highest BCUT2D eigenvalue weighted by atomic mass is 16.8. The Balaban J connectivity index is 1.20. The Morgan fingerprint density at radius 2 is 0.634 bits per heavy atom. The van der Waals surface area contributed by atoms with Crippen molar-refractivity contribution in [3.05, 3.63) is 0 Å². The summed E-state index contributed by atoms with van der Waals surface area (Å²) in [7, 11) is 0. The highest BCUT2D eigenvalue weighted by molar-refractivity contribution is 5.81. The van der Waals surface area contributed by atoms with E-state index >= 15 is 0 Å². The number of aliphatic carboxylic acids is 4. The molecule has 44 atom stereocenters. The standard InChI is InChI=1S/C70H113N5O56/c1-18(87)71-35-20(89)5-70(66(115)116,129-55(35)44(102)28(11-80)125-68(64(111)112)4-22(91)38(75-34(97)17-86)56(128-68)45(103)29(12-81)124-67(63(109)110)3-21(90)36(73-32(95)15-84)53(126-67)40(98)24(93)7-76)131-58-49(107)62(121-50-30(13-82)117-59(108)47(105)46(50)104)120-31(14-83)51(58)122-60-39(72-19(2)88)52(42(100)26(9-78)118-60)123-61-48(106)57(43(101)27(10-79)119-61)130-69(65(113)114)6-23(92)37(74-33(96)16-85)54(127-69)41(99)25(94)8-77/h20-31,35-62,76-86,89-94,98-108H,3-17H2,1-2H3,(H,71,87)(H,72,88)(H,73,95)(H,74,96)(H,75,97)(H,109,110)(H,111,112)(H,113,114)(H,115,116)/t20-,21-,22-,23-,24+,25+,26+,27+,28+,29+,30+,31+,35+,36+,37+,38+,39+,40+,41+,42-,43-,44+,45+,46+,47+,48+,49+,50+,51-,52+,53+,54+,55+,56+,57-,58+,59+,60-,61-,62-,67+,68+,69-,70-/m0/s1. The van der Waals surface area contributed by atoms with Crippen LogP contribution in [0.4, 0.5) is 0 Å². The molecule has 0 saturated carbocycles. The van der Waals surface area contributed by atoms with Gasteiger partial charge in [-0.05, 0) is 0 Å². The van der Waals surface area contributed by atoms with Crippen LogP contribution in [0.2, 0.25) is 0 Å². The third-order valence-electron chi connectivity index (χ3n) is 22.9. The average Bonchev–Trinajstić information content (AvgIpc) is 0.749. The van der Waals surface area contributed by atoms with Gasteiger partial charge in [0.2, 0.25) is 29.5 Å². The number of ether oxygens (including phenoxy) is 15. The first kappa shape index (κ1) is 110. The molecule has 5 amide bonds. The number of hydrogen-bond acceptors (Lipinski definition) is 52. The lowest BCUT2D eigenvalue weighted by molar-refractivity contribution is -0.405. The van der Waals surface area contributed by atoms with E-state index < -0.39 is 420 Å². The fourth-order valence-electron chi connectivity index (χ4n) is 16.3. The van der Waals surface area contributed by atoms with E-state index in [2.05, 4.69) is 10.6 Å². The van der Waals surface area contributed by atoms with E-state index in [0.717, 1.165) is 13.8 Å². The number of nitrogens with one attached hydrogen (secondary N) is 5. The summed E-state index contributed by atoms with van der Waals surface area (Å²) in [4.78, 5) is 120. The van der Waals surface area contributed by atoms with Crippen LogP contribution in [0.15, 0.2) is 0 Å². The van der Waals surface area contributed by atoms with Gasteiger partial charge in [0.05, 0.1) is 101 Å². The summed E-state index contributed by atoms with van der Waals surface area (Å²) in [5.41, 5.74) is 0. The first-order valence-electron chi connectivity index (χ1n) is 40.2. The summed E-state index contributed by atoms with van der Waals surface area (Å²) < 4.78 is 87.1. The van der Waals surface area contributed by atoms with Crippen LogP contribution in [0, 0.1) is 0 Å². The maximum atomic E-state index is 14.5. The van der Waals surface area contributed by atoms with Gasteiger partial charge in [-0.1, -0.05) is 0 Å². The van der Waals surface area contributed by atoms with Crippen LogP contribution in [0.5, 0.6) is 0 Å². The van der Waals surface area contributed by atoms with E-state index in [4.69, 9.17) is 71.1 Å². The normalized spacial score (nSPS) is 41.8. The lowest BCUT2D eigenvalue weighted by atomic mass is 9.86. The van der Waals surface area contributed by atoms with Crippen molar-refractivity contribution in [3.63, 3.8) is 0 Å². The largest absolute Gasteiger partial charge is 0.477 e. The van der Waals surface area contributed by atoms with Gasteiger partial charge in [0, 0.05) is 39.5 Å². The molecule has 0 spiro atoms. The summed E-state index contributed by atoms with van der Waals surface area (Å²) in [6, 6.07) is -11.0. The third kappa shape index (κ3) is 24.0. The molecule has 0 aliphatic carbocycles. The molecule has 61 nitrogen and oxygen atoms in total. The number of amides is 5. The quantitative estimate of drug-likeness (QED) is 0.0270. The van der Waals surface area contributed by atoms with Crippen LogP contribution in [0.1, 0.15) is 39.5 Å². The van der Waals surface area contributed by atoms with Crippen LogP contribution >= 0.6 is 0 Å². The van der Waals surface area contributed by atoms with Crippen LogP contribution in [0.3, 0.4) is 0 Å². The Morgan fingerprint density at radius 3 is 0.992 bits per heavy atom. The first-order valence-corrected chi connectivity index (χ1v) is 40.2. The van der Waals surface area contributed by atoms with Crippen molar-refractivity contribution in [1.82, 2.24) is 26.6 Å². The molecule has 0 aromatic heterocycles. The SMILES string of the molecule is CC(=O)N[C@H]1[C@H](O[C@@H]2[C@H](O[C@]3(C(=O)O)C[C@H](O)[C@@H](NC(C)=O)[C@H]([C@H](O)[C@@H](CO)O[C@]4(C(=O)O)C[C@H](O)[C@@H](NC(=O)CO)[C@H]([C@H](O)[C@@H](CO)O[C@]5(C(=O)O)C[C@H](O)[C@@H](NC(=O)CO)[C@H]([C@H](O)[C@H](O)CO)O5)O4)O3)[C@@H](O)[C@H](O[C@H]3[C@H](O)[C@@H](O)[C@H](O)O[C@@H]3CO)O[C@@H]2CO)O[C@H](CO)[C@H](O)[C@@H]1O[C@@H]1O[C@H](CO)[C@H](O)[C@H](O[C@]2(C(=O)O)C[C@H](O)[C@@H](NC(=O)CO)[C@H]([C@H](O)[C@H](O)CO)O2)[C@H]1O. The van der Waals surface area contributed by atoms with E-state index in [-0.39, 0.29) is 0 Å². The predicted molar refractivity (Wildman–Crippen MR) is 395 cm³/mol. The molecule has 0 aromatic rings. The second-order valence-electron chi connectivity index (χ2n) is 31.8. The zero-order valence-electron chi connectivity index (χ0n) is 68.8. The fourth-order valence-corrected chi connectivity index (χ4v) is 16.3. The van der Waals surface area contributed by atoms with Gasteiger partial charge >= 0.3 is 23.9 Å². The zero-order valence-corrected chi connectivity index (χ0v) is 68.8. The Kier molecular flexibility index (Phi) is 39.0. The Labute approximate surface area is 735 Å². The van der Waals surface area contributed by atoms with Crippen LogP contribution < -0.4 is 26.6 Å². The maximum Gasteiger partial charge on any atom is 0.364 e. The van der Waals surface area contributed by atoms with E-state index in [9.17, 15) is 207 Å². The molecule has 0 bridgehead atoms. The van der Waals surface area contributed by atoms with Crippen molar-refractivity contribution in [2.45, 2.75) is 307 Å². The highest BCUT2D eigenvalue weighted by Crippen LogP contribution is 2.46. The molecule has 61 heteroatoms. The zero-order chi connectivity index (χ0) is 98.0. The van der Waals surface area contributed by atoms with E-state index in [1.165, 1.54) is 0 Å². The van der Waals surface area contributed by atoms with Crippen molar-refractivity contribution in [2.24, 2.45) is 0 Å². The lowest BCUT2D eigenvalue weighted by Crippen LogP contribution is -2.73. The summed E-state index contributed by atoms with van der Waals surface area (Å²) in [6.07, 6.45) is -94.8. The number of carboxylic acids is 4. The van der Waals surface area contributed by atoms with Gasteiger partial charge in [0.25, 0.3) is 23.1 Å². The molecular weight excluding hydrogens is 1810 g/mol. The summed E-state index contributed by atoms with van der Waals surface area (Å²) in [5.74, 6) is -31.0. The van der Waals surface area contributed by atoms with Crippen molar-refractivity contribution < 1.29 is 278 Å². The minimum absolute atomic E-state index is 0.729. The van der Waals surface area contributed by atoms with Gasteiger partial charge < -0.3 is 261 Å².